The second-order valence-corrected chi connectivity index (χ2v) is 5.42. The molecule has 1 amide bonds. The molecule has 0 aliphatic rings. The summed E-state index contributed by atoms with van der Waals surface area (Å²) in [7, 11) is 1.25. The third-order valence-corrected chi connectivity index (χ3v) is 3.52. The van der Waals surface area contributed by atoms with Crippen LogP contribution < -0.4 is 15.7 Å². The molecule has 7 nitrogen and oxygen atoms in total. The first-order chi connectivity index (χ1) is 11.3. The zero-order chi connectivity index (χ0) is 17.9. The highest BCUT2D eigenvalue weighted by atomic mass is 16.5. The van der Waals surface area contributed by atoms with E-state index in [1.165, 1.54) is 20.1 Å². The number of hydrogen-bond donors (Lipinski definition) is 1. The highest BCUT2D eigenvalue weighted by molar-refractivity contribution is 5.87. The molecule has 2 rings (SSSR count). The number of aryl methyl sites for hydroxylation is 1. The molecule has 0 fully saturated rings. The summed E-state index contributed by atoms with van der Waals surface area (Å²) in [6.07, 6.45) is -0.842. The van der Waals surface area contributed by atoms with Gasteiger partial charge in [0.15, 0.2) is 6.10 Å². The predicted molar refractivity (Wildman–Crippen MR) is 86.9 cm³/mol. The fourth-order valence-corrected chi connectivity index (χ4v) is 2.20. The smallest absolute Gasteiger partial charge is 0.336 e. The average Bonchev–Trinajstić information content (AvgIpc) is 2.53. The molecule has 0 saturated carbocycles. The van der Waals surface area contributed by atoms with Crippen LogP contribution >= 0.6 is 0 Å². The molecule has 0 saturated heterocycles. The van der Waals surface area contributed by atoms with E-state index in [0.717, 1.165) is 10.9 Å². The zero-order valence-electron chi connectivity index (χ0n) is 13.9. The Bertz CT molecular complexity index is 825. The SMILES string of the molecule is COC(=O)C(C)NC(=O)C(C)Oc1ccc2c(C)cc(=O)oc2c1. The summed E-state index contributed by atoms with van der Waals surface area (Å²) in [5, 5.41) is 3.28. The van der Waals surface area contributed by atoms with Gasteiger partial charge >= 0.3 is 11.6 Å². The van der Waals surface area contributed by atoms with Crippen molar-refractivity contribution in [3.63, 3.8) is 0 Å². The van der Waals surface area contributed by atoms with Crippen molar-refractivity contribution in [1.82, 2.24) is 5.32 Å². The Labute approximate surface area is 138 Å². The number of amides is 1. The van der Waals surface area contributed by atoms with Crippen molar-refractivity contribution < 1.29 is 23.5 Å². The fraction of sp³-hybridized carbons (Fsp3) is 0.353. The van der Waals surface area contributed by atoms with E-state index < -0.39 is 29.6 Å². The van der Waals surface area contributed by atoms with Crippen molar-refractivity contribution in [2.45, 2.75) is 32.9 Å². The Morgan fingerprint density at radius 1 is 1.21 bits per heavy atom. The monoisotopic (exact) mass is 333 g/mol. The van der Waals surface area contributed by atoms with E-state index >= 15 is 0 Å². The Hall–Kier alpha value is -2.83. The molecule has 0 radical (unpaired) electrons. The lowest BCUT2D eigenvalue weighted by molar-refractivity contribution is -0.145. The van der Waals surface area contributed by atoms with Crippen LogP contribution in [0, 0.1) is 6.92 Å². The number of hydrogen-bond acceptors (Lipinski definition) is 6. The topological polar surface area (TPSA) is 94.8 Å². The van der Waals surface area contributed by atoms with E-state index in [4.69, 9.17) is 9.15 Å². The van der Waals surface area contributed by atoms with Crippen LogP contribution in [0.15, 0.2) is 33.5 Å². The van der Waals surface area contributed by atoms with E-state index in [1.807, 2.05) is 6.92 Å². The van der Waals surface area contributed by atoms with Crippen molar-refractivity contribution in [1.29, 1.82) is 0 Å². The number of benzene rings is 1. The molecule has 24 heavy (non-hydrogen) atoms. The Morgan fingerprint density at radius 3 is 2.58 bits per heavy atom. The summed E-state index contributed by atoms with van der Waals surface area (Å²) in [4.78, 5) is 34.8. The maximum absolute atomic E-state index is 12.0. The number of nitrogens with one attached hydrogen (secondary N) is 1. The van der Waals surface area contributed by atoms with Crippen molar-refractivity contribution >= 4 is 22.8 Å². The first-order valence-electron chi connectivity index (χ1n) is 7.41. The molecule has 1 N–H and O–H groups in total. The largest absolute Gasteiger partial charge is 0.481 e. The van der Waals surface area contributed by atoms with E-state index in [0.29, 0.717) is 11.3 Å². The highest BCUT2D eigenvalue weighted by Gasteiger charge is 2.21. The number of carbonyl (C=O) groups is 2. The van der Waals surface area contributed by atoms with Gasteiger partial charge in [0.25, 0.3) is 5.91 Å². The summed E-state index contributed by atoms with van der Waals surface area (Å²) in [5.74, 6) is -0.623. The Balaban J connectivity index is 2.12. The van der Waals surface area contributed by atoms with Crippen molar-refractivity contribution in [3.8, 4) is 5.75 Å². The molecule has 7 heteroatoms. The van der Waals surface area contributed by atoms with Gasteiger partial charge in [-0.3, -0.25) is 4.79 Å². The molecule has 1 aromatic carbocycles. The predicted octanol–water partition coefficient (Wildman–Crippen LogP) is 1.55. The van der Waals surface area contributed by atoms with Gasteiger partial charge in [0, 0.05) is 17.5 Å². The van der Waals surface area contributed by atoms with Crippen LogP contribution in [0.3, 0.4) is 0 Å². The first kappa shape index (κ1) is 17.5. The quantitative estimate of drug-likeness (QED) is 0.659. The third-order valence-electron chi connectivity index (χ3n) is 3.52. The number of carbonyl (C=O) groups excluding carboxylic acids is 2. The van der Waals surface area contributed by atoms with Gasteiger partial charge in [-0.05, 0) is 38.5 Å². The van der Waals surface area contributed by atoms with E-state index in [-0.39, 0.29) is 0 Å². The van der Waals surface area contributed by atoms with Crippen molar-refractivity contribution in [3.05, 3.63) is 40.2 Å². The molecule has 1 heterocycles. The molecule has 2 atom stereocenters. The van der Waals surface area contributed by atoms with Crippen LogP contribution in [0.1, 0.15) is 19.4 Å². The Morgan fingerprint density at radius 2 is 1.92 bits per heavy atom. The van der Waals surface area contributed by atoms with E-state index in [9.17, 15) is 14.4 Å². The number of esters is 1. The molecule has 0 aliphatic carbocycles. The first-order valence-corrected chi connectivity index (χ1v) is 7.41. The standard InChI is InChI=1S/C17H19NO6/c1-9-7-15(19)24-14-8-12(5-6-13(9)14)23-11(3)16(20)18-10(2)17(21)22-4/h5-8,10-11H,1-4H3,(H,18,20). The molecular weight excluding hydrogens is 314 g/mol. The van der Waals surface area contributed by atoms with Gasteiger partial charge in [-0.1, -0.05) is 0 Å². The van der Waals surface area contributed by atoms with Crippen LogP contribution in [0.2, 0.25) is 0 Å². The summed E-state index contributed by atoms with van der Waals surface area (Å²) in [5.41, 5.74) is 0.730. The minimum Gasteiger partial charge on any atom is -0.481 e. The van der Waals surface area contributed by atoms with Gasteiger partial charge in [0.1, 0.15) is 17.4 Å². The van der Waals surface area contributed by atoms with E-state index in [1.54, 1.807) is 25.1 Å². The van der Waals surface area contributed by atoms with Gasteiger partial charge in [-0.15, -0.1) is 0 Å². The molecule has 0 bridgehead atoms. The van der Waals surface area contributed by atoms with Gasteiger partial charge < -0.3 is 19.2 Å². The number of methoxy groups -OCH3 is 1. The van der Waals surface area contributed by atoms with Crippen molar-refractivity contribution in [2.75, 3.05) is 7.11 Å². The van der Waals surface area contributed by atoms with Gasteiger partial charge in [0.05, 0.1) is 7.11 Å². The van der Waals surface area contributed by atoms with Crippen LogP contribution in [-0.4, -0.2) is 31.1 Å². The lowest BCUT2D eigenvalue weighted by Crippen LogP contribution is -2.45. The Kier molecular flexibility index (Phi) is 5.23. The summed E-state index contributed by atoms with van der Waals surface area (Å²) < 4.78 is 15.2. The number of fused-ring (bicyclic) bond motifs is 1. The van der Waals surface area contributed by atoms with Crippen LogP contribution in [0.25, 0.3) is 11.0 Å². The second-order valence-electron chi connectivity index (χ2n) is 5.42. The molecule has 1 aromatic heterocycles. The molecule has 0 spiro atoms. The minimum absolute atomic E-state index is 0.379. The lowest BCUT2D eigenvalue weighted by Gasteiger charge is -2.17. The van der Waals surface area contributed by atoms with Gasteiger partial charge in [0.2, 0.25) is 0 Å². The van der Waals surface area contributed by atoms with Crippen LogP contribution in [0.4, 0.5) is 0 Å². The average molecular weight is 333 g/mol. The zero-order valence-corrected chi connectivity index (χ0v) is 13.9. The second kappa shape index (κ2) is 7.16. The van der Waals surface area contributed by atoms with Gasteiger partial charge in [-0.25, -0.2) is 9.59 Å². The lowest BCUT2D eigenvalue weighted by atomic mass is 10.1. The minimum atomic E-state index is -0.842. The van der Waals surface area contributed by atoms with Crippen LogP contribution in [0.5, 0.6) is 5.75 Å². The fourth-order valence-electron chi connectivity index (χ4n) is 2.20. The highest BCUT2D eigenvalue weighted by Crippen LogP contribution is 2.23. The maximum atomic E-state index is 12.0. The van der Waals surface area contributed by atoms with Gasteiger partial charge in [-0.2, -0.15) is 0 Å². The van der Waals surface area contributed by atoms with E-state index in [2.05, 4.69) is 10.1 Å². The summed E-state index contributed by atoms with van der Waals surface area (Å²) in [6.45, 7) is 4.88. The molecular formula is C17H19NO6. The summed E-state index contributed by atoms with van der Waals surface area (Å²) in [6, 6.07) is 5.63. The molecule has 128 valence electrons. The number of ether oxygens (including phenoxy) is 2. The molecule has 2 aromatic rings. The van der Waals surface area contributed by atoms with Crippen molar-refractivity contribution in [2.24, 2.45) is 0 Å². The third kappa shape index (κ3) is 3.92. The normalized spacial score (nSPS) is 13.2. The molecule has 2 unspecified atom stereocenters. The summed E-state index contributed by atoms with van der Waals surface area (Å²) >= 11 is 0. The molecule has 0 aliphatic heterocycles. The van der Waals surface area contributed by atoms with Crippen LogP contribution in [-0.2, 0) is 14.3 Å². The maximum Gasteiger partial charge on any atom is 0.336 e. The number of rotatable bonds is 5.